The molecule has 0 aliphatic rings. The summed E-state index contributed by atoms with van der Waals surface area (Å²) in [5, 5.41) is 8.76. The standard InChI is InChI=1S/C9H16O4/c1-6(2)4-7(9(11)12)5-8(10)13-3/h6-7H,4-5H2,1-3H3,(H,11,12). The second-order valence-electron chi connectivity index (χ2n) is 3.44. The van der Waals surface area contributed by atoms with E-state index in [0.29, 0.717) is 6.42 Å². The monoisotopic (exact) mass is 188 g/mol. The first-order valence-corrected chi connectivity index (χ1v) is 4.27. The maximum atomic E-state index is 10.8. The third-order valence-electron chi connectivity index (χ3n) is 1.75. The zero-order valence-corrected chi connectivity index (χ0v) is 8.24. The number of carbonyl (C=O) groups is 2. The highest BCUT2D eigenvalue weighted by Gasteiger charge is 2.22. The van der Waals surface area contributed by atoms with Gasteiger partial charge in [0.2, 0.25) is 0 Å². The summed E-state index contributed by atoms with van der Waals surface area (Å²) in [7, 11) is 1.26. The minimum absolute atomic E-state index is 0.0377. The van der Waals surface area contributed by atoms with Crippen molar-refractivity contribution in [3.05, 3.63) is 0 Å². The molecule has 4 nitrogen and oxygen atoms in total. The topological polar surface area (TPSA) is 63.6 Å². The van der Waals surface area contributed by atoms with Crippen LogP contribution in [0.2, 0.25) is 0 Å². The van der Waals surface area contributed by atoms with E-state index in [2.05, 4.69) is 4.74 Å². The molecular formula is C9H16O4. The highest BCUT2D eigenvalue weighted by molar-refractivity contribution is 5.78. The number of carboxylic acid groups (broad SMARTS) is 1. The first-order chi connectivity index (χ1) is 5.97. The summed E-state index contributed by atoms with van der Waals surface area (Å²) in [5.74, 6) is -1.75. The van der Waals surface area contributed by atoms with Crippen molar-refractivity contribution in [3.63, 3.8) is 0 Å². The highest BCUT2D eigenvalue weighted by Crippen LogP contribution is 2.16. The average molecular weight is 188 g/mol. The molecule has 76 valence electrons. The van der Waals surface area contributed by atoms with Gasteiger partial charge in [-0.05, 0) is 12.3 Å². The Morgan fingerprint density at radius 3 is 2.23 bits per heavy atom. The molecule has 0 aromatic rings. The molecule has 0 rings (SSSR count). The number of hydrogen-bond donors (Lipinski definition) is 1. The van der Waals surface area contributed by atoms with E-state index >= 15 is 0 Å². The number of esters is 1. The van der Waals surface area contributed by atoms with Crippen molar-refractivity contribution >= 4 is 11.9 Å². The summed E-state index contributed by atoms with van der Waals surface area (Å²) >= 11 is 0. The third kappa shape index (κ3) is 5.22. The number of carboxylic acids is 1. The largest absolute Gasteiger partial charge is 0.481 e. The summed E-state index contributed by atoms with van der Waals surface area (Å²) in [6.45, 7) is 3.85. The molecule has 1 N–H and O–H groups in total. The van der Waals surface area contributed by atoms with Crippen molar-refractivity contribution in [3.8, 4) is 0 Å². The lowest BCUT2D eigenvalue weighted by Gasteiger charge is -2.12. The summed E-state index contributed by atoms with van der Waals surface area (Å²) in [4.78, 5) is 21.5. The molecule has 0 aliphatic heterocycles. The molecule has 1 atom stereocenters. The van der Waals surface area contributed by atoms with Crippen molar-refractivity contribution in [2.75, 3.05) is 7.11 Å². The van der Waals surface area contributed by atoms with Crippen LogP contribution in [-0.4, -0.2) is 24.2 Å². The van der Waals surface area contributed by atoms with Gasteiger partial charge in [-0.3, -0.25) is 9.59 Å². The predicted octanol–water partition coefficient (Wildman–Crippen LogP) is 1.30. The van der Waals surface area contributed by atoms with Crippen molar-refractivity contribution < 1.29 is 19.4 Å². The Morgan fingerprint density at radius 2 is 1.92 bits per heavy atom. The van der Waals surface area contributed by atoms with Crippen molar-refractivity contribution in [1.82, 2.24) is 0 Å². The van der Waals surface area contributed by atoms with Crippen LogP contribution in [0.3, 0.4) is 0 Å². The Kier molecular flexibility index (Phi) is 5.11. The van der Waals surface area contributed by atoms with Gasteiger partial charge in [0.1, 0.15) is 0 Å². The van der Waals surface area contributed by atoms with Gasteiger partial charge < -0.3 is 9.84 Å². The first kappa shape index (κ1) is 11.9. The van der Waals surface area contributed by atoms with Crippen LogP contribution >= 0.6 is 0 Å². The van der Waals surface area contributed by atoms with Crippen LogP contribution in [-0.2, 0) is 14.3 Å². The van der Waals surface area contributed by atoms with Gasteiger partial charge in [-0.1, -0.05) is 13.8 Å². The smallest absolute Gasteiger partial charge is 0.307 e. The van der Waals surface area contributed by atoms with Gasteiger partial charge in [0.05, 0.1) is 19.4 Å². The first-order valence-electron chi connectivity index (χ1n) is 4.27. The summed E-state index contributed by atoms with van der Waals surface area (Å²) < 4.78 is 4.41. The number of aliphatic carboxylic acids is 1. The van der Waals surface area contributed by atoms with Gasteiger partial charge in [-0.25, -0.2) is 0 Å². The quantitative estimate of drug-likeness (QED) is 0.660. The molecule has 0 radical (unpaired) electrons. The minimum Gasteiger partial charge on any atom is -0.481 e. The fourth-order valence-corrected chi connectivity index (χ4v) is 1.13. The molecule has 13 heavy (non-hydrogen) atoms. The van der Waals surface area contributed by atoms with E-state index in [9.17, 15) is 9.59 Å². The zero-order valence-electron chi connectivity index (χ0n) is 8.24. The molecule has 0 aromatic carbocycles. The van der Waals surface area contributed by atoms with Gasteiger partial charge >= 0.3 is 11.9 Å². The lowest BCUT2D eigenvalue weighted by Crippen LogP contribution is -2.20. The van der Waals surface area contributed by atoms with Gasteiger partial charge in [-0.2, -0.15) is 0 Å². The van der Waals surface area contributed by atoms with Gasteiger partial charge in [0, 0.05) is 0 Å². The Bertz CT molecular complexity index is 186. The highest BCUT2D eigenvalue weighted by atomic mass is 16.5. The Balaban J connectivity index is 4.10. The number of methoxy groups -OCH3 is 1. The van der Waals surface area contributed by atoms with E-state index < -0.39 is 17.9 Å². The van der Waals surface area contributed by atoms with Crippen LogP contribution in [0.25, 0.3) is 0 Å². The van der Waals surface area contributed by atoms with E-state index in [1.807, 2.05) is 13.8 Å². The molecule has 4 heteroatoms. The van der Waals surface area contributed by atoms with Crippen molar-refractivity contribution in [2.45, 2.75) is 26.7 Å². The van der Waals surface area contributed by atoms with Crippen LogP contribution < -0.4 is 0 Å². The minimum atomic E-state index is -0.931. The Hall–Kier alpha value is -1.06. The molecule has 0 saturated carbocycles. The number of rotatable bonds is 5. The number of hydrogen-bond acceptors (Lipinski definition) is 3. The van der Waals surface area contributed by atoms with E-state index in [1.54, 1.807) is 0 Å². The van der Waals surface area contributed by atoms with E-state index in [4.69, 9.17) is 5.11 Å². The van der Waals surface area contributed by atoms with E-state index in [-0.39, 0.29) is 12.3 Å². The van der Waals surface area contributed by atoms with Crippen molar-refractivity contribution in [1.29, 1.82) is 0 Å². The summed E-state index contributed by atoms with van der Waals surface area (Å²) in [6, 6.07) is 0. The molecule has 0 aliphatic carbocycles. The molecule has 0 saturated heterocycles. The number of ether oxygens (including phenoxy) is 1. The predicted molar refractivity (Wildman–Crippen MR) is 47.2 cm³/mol. The van der Waals surface area contributed by atoms with Gasteiger partial charge in [0.25, 0.3) is 0 Å². The lowest BCUT2D eigenvalue weighted by atomic mass is 9.94. The van der Waals surface area contributed by atoms with E-state index in [1.165, 1.54) is 7.11 Å². The molecule has 0 heterocycles. The molecule has 0 aromatic heterocycles. The fraction of sp³-hybridized carbons (Fsp3) is 0.778. The fourth-order valence-electron chi connectivity index (χ4n) is 1.13. The maximum Gasteiger partial charge on any atom is 0.307 e. The van der Waals surface area contributed by atoms with Gasteiger partial charge in [-0.15, -0.1) is 0 Å². The SMILES string of the molecule is COC(=O)CC(CC(C)C)C(=O)O. The molecule has 0 spiro atoms. The Labute approximate surface area is 77.9 Å². The Morgan fingerprint density at radius 1 is 1.38 bits per heavy atom. The summed E-state index contributed by atoms with van der Waals surface area (Å²) in [5.41, 5.74) is 0. The summed E-state index contributed by atoms with van der Waals surface area (Å²) in [6.07, 6.45) is 0.467. The normalized spacial score (nSPS) is 12.6. The van der Waals surface area contributed by atoms with Crippen molar-refractivity contribution in [2.24, 2.45) is 11.8 Å². The molecule has 1 unspecified atom stereocenters. The maximum absolute atomic E-state index is 10.8. The van der Waals surface area contributed by atoms with Gasteiger partial charge in [0.15, 0.2) is 0 Å². The molecule has 0 fully saturated rings. The molecule has 0 bridgehead atoms. The lowest BCUT2D eigenvalue weighted by molar-refractivity contribution is -0.150. The van der Waals surface area contributed by atoms with Crippen LogP contribution in [0.5, 0.6) is 0 Å². The average Bonchev–Trinajstić information content (AvgIpc) is 2.02. The van der Waals surface area contributed by atoms with Crippen LogP contribution in [0, 0.1) is 11.8 Å². The van der Waals surface area contributed by atoms with Crippen LogP contribution in [0.1, 0.15) is 26.7 Å². The van der Waals surface area contributed by atoms with Crippen LogP contribution in [0.4, 0.5) is 0 Å². The third-order valence-corrected chi connectivity index (χ3v) is 1.75. The van der Waals surface area contributed by atoms with Crippen LogP contribution in [0.15, 0.2) is 0 Å². The second kappa shape index (κ2) is 5.56. The molecular weight excluding hydrogens is 172 g/mol. The molecule has 0 amide bonds. The number of carbonyl (C=O) groups excluding carboxylic acids is 1. The second-order valence-corrected chi connectivity index (χ2v) is 3.44. The van der Waals surface area contributed by atoms with E-state index in [0.717, 1.165) is 0 Å². The zero-order chi connectivity index (χ0) is 10.4.